The number of likely N-dealkylation sites (tertiary alicyclic amines) is 1. The minimum absolute atomic E-state index is 0.122. The number of halogens is 1. The van der Waals surface area contributed by atoms with E-state index in [4.69, 9.17) is 5.26 Å². The van der Waals surface area contributed by atoms with Gasteiger partial charge in [-0.2, -0.15) is 5.26 Å². The van der Waals surface area contributed by atoms with Crippen molar-refractivity contribution in [3.05, 3.63) is 35.1 Å². The molecule has 1 fully saturated rings. The van der Waals surface area contributed by atoms with Gasteiger partial charge in [0.25, 0.3) is 0 Å². The quantitative estimate of drug-likeness (QED) is 0.910. The highest BCUT2D eigenvalue weighted by Crippen LogP contribution is 2.21. The fourth-order valence-electron chi connectivity index (χ4n) is 2.67. The number of nitriles is 1. The number of benzene rings is 1. The molecule has 0 saturated carbocycles. The fourth-order valence-corrected chi connectivity index (χ4v) is 2.67. The summed E-state index contributed by atoms with van der Waals surface area (Å²) in [6.07, 6.45) is 4.35. The second kappa shape index (κ2) is 6.65. The van der Waals surface area contributed by atoms with Crippen molar-refractivity contribution in [2.24, 2.45) is 0 Å². The van der Waals surface area contributed by atoms with Crippen LogP contribution < -0.4 is 0 Å². The Morgan fingerprint density at radius 2 is 2.21 bits per heavy atom. The molecule has 1 aliphatic rings. The van der Waals surface area contributed by atoms with Crippen molar-refractivity contribution in [2.75, 3.05) is 13.2 Å². The third-order valence-electron chi connectivity index (χ3n) is 3.77. The van der Waals surface area contributed by atoms with Crippen LogP contribution in [0.2, 0.25) is 0 Å². The summed E-state index contributed by atoms with van der Waals surface area (Å²) in [5.74, 6) is -0.315. The Morgan fingerprint density at radius 3 is 2.95 bits per heavy atom. The van der Waals surface area contributed by atoms with Crippen LogP contribution in [0.25, 0.3) is 0 Å². The molecule has 19 heavy (non-hydrogen) atoms. The van der Waals surface area contributed by atoms with Crippen LogP contribution in [-0.2, 0) is 6.54 Å². The summed E-state index contributed by atoms with van der Waals surface area (Å²) < 4.78 is 13.3. The van der Waals surface area contributed by atoms with E-state index in [0.29, 0.717) is 17.7 Å². The van der Waals surface area contributed by atoms with Gasteiger partial charge < -0.3 is 5.11 Å². The lowest BCUT2D eigenvalue weighted by Crippen LogP contribution is -2.37. The maximum absolute atomic E-state index is 13.3. The van der Waals surface area contributed by atoms with Gasteiger partial charge in [-0.3, -0.25) is 4.90 Å². The van der Waals surface area contributed by atoms with Crippen LogP contribution in [0.15, 0.2) is 18.2 Å². The summed E-state index contributed by atoms with van der Waals surface area (Å²) in [7, 11) is 0. The van der Waals surface area contributed by atoms with Crippen molar-refractivity contribution in [2.45, 2.75) is 38.3 Å². The van der Waals surface area contributed by atoms with Crippen molar-refractivity contribution < 1.29 is 9.50 Å². The zero-order valence-corrected chi connectivity index (χ0v) is 11.0. The van der Waals surface area contributed by atoms with Crippen LogP contribution in [0.5, 0.6) is 0 Å². The smallest absolute Gasteiger partial charge is 0.123 e. The molecule has 0 radical (unpaired) electrons. The SMILES string of the molecule is N#Cc1ccc(F)cc1CN1CCCCCC1CO. The highest BCUT2D eigenvalue weighted by Gasteiger charge is 2.21. The Labute approximate surface area is 113 Å². The molecule has 0 amide bonds. The minimum atomic E-state index is -0.315. The number of hydrogen-bond acceptors (Lipinski definition) is 3. The molecular formula is C15H19FN2O. The summed E-state index contributed by atoms with van der Waals surface area (Å²) >= 11 is 0. The van der Waals surface area contributed by atoms with E-state index in [1.54, 1.807) is 0 Å². The summed E-state index contributed by atoms with van der Waals surface area (Å²) in [5, 5.41) is 18.5. The first-order valence-corrected chi connectivity index (χ1v) is 6.78. The Hall–Kier alpha value is -1.44. The van der Waals surface area contributed by atoms with Gasteiger partial charge in [0.2, 0.25) is 0 Å². The second-order valence-corrected chi connectivity index (χ2v) is 5.07. The van der Waals surface area contributed by atoms with Gasteiger partial charge in [-0.1, -0.05) is 12.8 Å². The third-order valence-corrected chi connectivity index (χ3v) is 3.77. The Morgan fingerprint density at radius 1 is 1.37 bits per heavy atom. The zero-order chi connectivity index (χ0) is 13.7. The molecule has 1 saturated heterocycles. The van der Waals surface area contributed by atoms with E-state index in [0.717, 1.165) is 25.8 Å². The molecule has 0 spiro atoms. The minimum Gasteiger partial charge on any atom is -0.395 e. The second-order valence-electron chi connectivity index (χ2n) is 5.07. The molecule has 1 unspecified atom stereocenters. The highest BCUT2D eigenvalue weighted by atomic mass is 19.1. The first-order chi connectivity index (χ1) is 9.24. The van der Waals surface area contributed by atoms with Gasteiger partial charge in [0.05, 0.1) is 18.2 Å². The predicted molar refractivity (Wildman–Crippen MR) is 70.9 cm³/mol. The van der Waals surface area contributed by atoms with E-state index >= 15 is 0 Å². The zero-order valence-electron chi connectivity index (χ0n) is 11.0. The van der Waals surface area contributed by atoms with Gasteiger partial charge >= 0.3 is 0 Å². The standard InChI is InChI=1S/C15H19FN2O/c16-14-6-5-12(9-17)13(8-14)10-18-7-3-1-2-4-15(18)11-19/h5-6,8,15,19H,1-4,7,10-11H2. The molecule has 3 nitrogen and oxygen atoms in total. The molecule has 0 aliphatic carbocycles. The molecule has 1 aromatic carbocycles. The molecule has 1 heterocycles. The largest absolute Gasteiger partial charge is 0.395 e. The number of aliphatic hydroxyl groups excluding tert-OH is 1. The summed E-state index contributed by atoms with van der Waals surface area (Å²) in [4.78, 5) is 2.17. The maximum atomic E-state index is 13.3. The molecule has 2 rings (SSSR count). The van der Waals surface area contributed by atoms with Gasteiger partial charge in [0.15, 0.2) is 0 Å². The van der Waals surface area contributed by atoms with Gasteiger partial charge in [-0.15, -0.1) is 0 Å². The molecule has 0 bridgehead atoms. The van der Waals surface area contributed by atoms with E-state index < -0.39 is 0 Å². The summed E-state index contributed by atoms with van der Waals surface area (Å²) in [6.45, 7) is 1.55. The number of hydrogen-bond donors (Lipinski definition) is 1. The molecule has 102 valence electrons. The van der Waals surface area contributed by atoms with Crippen molar-refractivity contribution in [3.8, 4) is 6.07 Å². The van der Waals surface area contributed by atoms with Crippen LogP contribution in [0.4, 0.5) is 4.39 Å². The van der Waals surface area contributed by atoms with Gasteiger partial charge in [0, 0.05) is 12.6 Å². The van der Waals surface area contributed by atoms with Crippen molar-refractivity contribution in [1.82, 2.24) is 4.90 Å². The molecule has 1 aromatic rings. The lowest BCUT2D eigenvalue weighted by molar-refractivity contribution is 0.118. The Balaban J connectivity index is 2.18. The van der Waals surface area contributed by atoms with Crippen molar-refractivity contribution >= 4 is 0 Å². The van der Waals surface area contributed by atoms with Gasteiger partial charge in [-0.05, 0) is 43.1 Å². The topological polar surface area (TPSA) is 47.3 Å². The number of nitrogens with zero attached hydrogens (tertiary/aromatic N) is 2. The monoisotopic (exact) mass is 262 g/mol. The van der Waals surface area contributed by atoms with Gasteiger partial charge in [0.1, 0.15) is 5.82 Å². The normalized spacial score (nSPS) is 20.8. The molecule has 1 aliphatic heterocycles. The van der Waals surface area contributed by atoms with Crippen molar-refractivity contribution in [1.29, 1.82) is 5.26 Å². The Bertz CT molecular complexity index is 470. The van der Waals surface area contributed by atoms with E-state index in [1.165, 1.54) is 24.6 Å². The van der Waals surface area contributed by atoms with Gasteiger partial charge in [-0.25, -0.2) is 4.39 Å². The van der Waals surface area contributed by atoms with Crippen LogP contribution in [0, 0.1) is 17.1 Å². The third kappa shape index (κ3) is 3.52. The molecule has 1 N–H and O–H groups in total. The summed E-state index contributed by atoms with van der Waals surface area (Å²) in [5.41, 5.74) is 1.23. The molecular weight excluding hydrogens is 243 g/mol. The highest BCUT2D eigenvalue weighted by molar-refractivity contribution is 5.37. The predicted octanol–water partition coefficient (Wildman–Crippen LogP) is 2.43. The van der Waals surface area contributed by atoms with E-state index in [9.17, 15) is 9.50 Å². The van der Waals surface area contributed by atoms with Crippen molar-refractivity contribution in [3.63, 3.8) is 0 Å². The van der Waals surface area contributed by atoms with Crippen LogP contribution >= 0.6 is 0 Å². The lowest BCUT2D eigenvalue weighted by Gasteiger charge is -2.28. The average molecular weight is 262 g/mol. The number of aliphatic hydroxyl groups is 1. The molecule has 1 atom stereocenters. The van der Waals surface area contributed by atoms with E-state index in [-0.39, 0.29) is 18.5 Å². The maximum Gasteiger partial charge on any atom is 0.123 e. The van der Waals surface area contributed by atoms with E-state index in [2.05, 4.69) is 11.0 Å². The Kier molecular flexibility index (Phi) is 4.89. The fraction of sp³-hybridized carbons (Fsp3) is 0.533. The van der Waals surface area contributed by atoms with Crippen LogP contribution in [0.3, 0.4) is 0 Å². The first kappa shape index (κ1) is 14.0. The number of rotatable bonds is 3. The summed E-state index contributed by atoms with van der Waals surface area (Å²) in [6, 6.07) is 6.49. The first-order valence-electron chi connectivity index (χ1n) is 6.78. The average Bonchev–Trinajstić information content (AvgIpc) is 2.64. The van der Waals surface area contributed by atoms with E-state index in [1.807, 2.05) is 0 Å². The van der Waals surface area contributed by atoms with Crippen LogP contribution in [0.1, 0.15) is 36.8 Å². The van der Waals surface area contributed by atoms with Crippen LogP contribution in [-0.4, -0.2) is 29.2 Å². The lowest BCUT2D eigenvalue weighted by atomic mass is 10.1. The molecule has 0 aromatic heterocycles. The molecule has 4 heteroatoms.